The molecular formula is C25H33N3O2. The van der Waals surface area contributed by atoms with Crippen LogP contribution in [0.4, 0.5) is 0 Å². The maximum absolute atomic E-state index is 12.1. The number of H-pyrrole nitrogens is 1. The molecule has 0 bridgehead atoms. The molecule has 1 saturated heterocycles. The van der Waals surface area contributed by atoms with Crippen LogP contribution in [0.1, 0.15) is 43.7 Å². The maximum atomic E-state index is 12.1. The minimum absolute atomic E-state index is 0.0468. The van der Waals surface area contributed by atoms with Crippen LogP contribution in [0, 0.1) is 12.8 Å². The fourth-order valence-electron chi connectivity index (χ4n) is 4.57. The predicted molar refractivity (Wildman–Crippen MR) is 124 cm³/mol. The lowest BCUT2D eigenvalue weighted by Crippen LogP contribution is -2.32. The number of benzene rings is 1. The molecule has 4 rings (SSSR count). The van der Waals surface area contributed by atoms with Crippen molar-refractivity contribution < 1.29 is 4.74 Å². The van der Waals surface area contributed by atoms with E-state index in [0.717, 1.165) is 47.8 Å². The second kappa shape index (κ2) is 8.31. The topological polar surface area (TPSA) is 50.3 Å². The van der Waals surface area contributed by atoms with Crippen molar-refractivity contribution in [3.63, 3.8) is 0 Å². The molecule has 3 heterocycles. The van der Waals surface area contributed by atoms with Gasteiger partial charge >= 0.3 is 0 Å². The number of ether oxygens (including phenoxy) is 1. The second-order valence-electron chi connectivity index (χ2n) is 9.16. The van der Waals surface area contributed by atoms with Crippen LogP contribution in [0.15, 0.2) is 35.3 Å². The Bertz CT molecular complexity index is 1080. The standard InChI is InChI=1S/C25H33N3O2/c1-16(2)23-21-13-20(30-15-18-8-10-27(4)11-9-18)6-7-22(21)26-24(23)19-12-17(3)25(29)28(5)14-19/h6-7,12-14,16,18,26H,8-11,15H2,1-5H3. The molecule has 0 atom stereocenters. The monoisotopic (exact) mass is 407 g/mol. The quantitative estimate of drug-likeness (QED) is 0.668. The molecule has 0 saturated carbocycles. The molecule has 2 aromatic heterocycles. The average Bonchev–Trinajstić information content (AvgIpc) is 3.10. The summed E-state index contributed by atoms with van der Waals surface area (Å²) in [6.07, 6.45) is 4.33. The molecule has 5 nitrogen and oxygen atoms in total. The first-order chi connectivity index (χ1) is 14.3. The zero-order chi connectivity index (χ0) is 21.4. The summed E-state index contributed by atoms with van der Waals surface area (Å²) in [5.41, 5.74) is 5.31. The number of hydrogen-bond donors (Lipinski definition) is 1. The number of aromatic nitrogens is 2. The number of fused-ring (bicyclic) bond motifs is 1. The lowest BCUT2D eigenvalue weighted by Gasteiger charge is -2.28. The molecule has 160 valence electrons. The molecule has 30 heavy (non-hydrogen) atoms. The van der Waals surface area contributed by atoms with Crippen LogP contribution in [-0.4, -0.2) is 41.2 Å². The van der Waals surface area contributed by atoms with E-state index in [4.69, 9.17) is 4.74 Å². The summed E-state index contributed by atoms with van der Waals surface area (Å²) in [7, 11) is 4.00. The Morgan fingerprint density at radius 2 is 1.90 bits per heavy atom. The number of nitrogens with one attached hydrogen (secondary N) is 1. The molecule has 3 aromatic rings. The highest BCUT2D eigenvalue weighted by atomic mass is 16.5. The number of hydrogen-bond acceptors (Lipinski definition) is 3. The first-order valence-electron chi connectivity index (χ1n) is 11.0. The summed E-state index contributed by atoms with van der Waals surface area (Å²) in [4.78, 5) is 18.1. The Morgan fingerprint density at radius 1 is 1.17 bits per heavy atom. The fraction of sp³-hybridized carbons (Fsp3) is 0.480. The van der Waals surface area contributed by atoms with Crippen LogP contribution in [-0.2, 0) is 7.05 Å². The molecule has 1 aliphatic heterocycles. The van der Waals surface area contributed by atoms with Crippen molar-refractivity contribution in [2.45, 2.75) is 39.5 Å². The highest BCUT2D eigenvalue weighted by Gasteiger charge is 2.19. The van der Waals surface area contributed by atoms with Gasteiger partial charge in [-0.25, -0.2) is 0 Å². The van der Waals surface area contributed by atoms with E-state index in [1.165, 1.54) is 23.8 Å². The summed E-state index contributed by atoms with van der Waals surface area (Å²) in [6.45, 7) is 9.40. The first-order valence-corrected chi connectivity index (χ1v) is 11.0. The normalized spacial score (nSPS) is 15.9. The zero-order valence-corrected chi connectivity index (χ0v) is 18.8. The molecule has 1 aliphatic rings. The van der Waals surface area contributed by atoms with E-state index in [2.05, 4.69) is 49.0 Å². The van der Waals surface area contributed by atoms with Crippen LogP contribution >= 0.6 is 0 Å². The van der Waals surface area contributed by atoms with Crippen molar-refractivity contribution in [3.05, 3.63) is 51.9 Å². The Balaban J connectivity index is 1.67. The van der Waals surface area contributed by atoms with Crippen molar-refractivity contribution in [1.82, 2.24) is 14.5 Å². The van der Waals surface area contributed by atoms with Gasteiger partial charge in [0.2, 0.25) is 0 Å². The highest BCUT2D eigenvalue weighted by Crippen LogP contribution is 2.37. The van der Waals surface area contributed by atoms with Gasteiger partial charge in [0.1, 0.15) is 5.75 Å². The third-order valence-corrected chi connectivity index (χ3v) is 6.36. The molecule has 0 spiro atoms. The minimum atomic E-state index is 0.0468. The average molecular weight is 408 g/mol. The number of piperidine rings is 1. The van der Waals surface area contributed by atoms with Gasteiger partial charge in [0, 0.05) is 35.3 Å². The molecule has 0 amide bonds. The van der Waals surface area contributed by atoms with Crippen molar-refractivity contribution in [2.24, 2.45) is 13.0 Å². The summed E-state index contributed by atoms with van der Waals surface area (Å²) in [6, 6.07) is 8.34. The number of pyridine rings is 1. The Kier molecular flexibility index (Phi) is 5.74. The van der Waals surface area contributed by atoms with Crippen LogP contribution in [0.25, 0.3) is 22.2 Å². The van der Waals surface area contributed by atoms with E-state index in [0.29, 0.717) is 11.8 Å². The third-order valence-electron chi connectivity index (χ3n) is 6.36. The number of aromatic amines is 1. The van der Waals surface area contributed by atoms with Crippen LogP contribution in [0.5, 0.6) is 5.75 Å². The minimum Gasteiger partial charge on any atom is -0.493 e. The van der Waals surface area contributed by atoms with Crippen molar-refractivity contribution >= 4 is 10.9 Å². The summed E-state index contributed by atoms with van der Waals surface area (Å²) < 4.78 is 7.88. The van der Waals surface area contributed by atoms with Crippen LogP contribution in [0.3, 0.4) is 0 Å². The van der Waals surface area contributed by atoms with Crippen LogP contribution in [0.2, 0.25) is 0 Å². The molecule has 0 aliphatic carbocycles. The predicted octanol–water partition coefficient (Wildman–Crippen LogP) is 4.69. The second-order valence-corrected chi connectivity index (χ2v) is 9.16. The van der Waals surface area contributed by atoms with Gasteiger partial charge in [-0.05, 0) is 81.6 Å². The fourth-order valence-corrected chi connectivity index (χ4v) is 4.57. The summed E-state index contributed by atoms with van der Waals surface area (Å²) in [5, 5.41) is 1.20. The van der Waals surface area contributed by atoms with Crippen molar-refractivity contribution in [3.8, 4) is 17.0 Å². The highest BCUT2D eigenvalue weighted by molar-refractivity contribution is 5.92. The van der Waals surface area contributed by atoms with E-state index >= 15 is 0 Å². The van der Waals surface area contributed by atoms with E-state index < -0.39 is 0 Å². The molecule has 0 radical (unpaired) electrons. The van der Waals surface area contributed by atoms with Crippen molar-refractivity contribution in [2.75, 3.05) is 26.7 Å². The van der Waals surface area contributed by atoms with E-state index in [9.17, 15) is 4.79 Å². The molecule has 1 N–H and O–H groups in total. The number of rotatable bonds is 5. The lowest BCUT2D eigenvalue weighted by atomic mass is 9.96. The van der Waals surface area contributed by atoms with Gasteiger partial charge in [0.25, 0.3) is 5.56 Å². The largest absolute Gasteiger partial charge is 0.493 e. The molecule has 5 heteroatoms. The SMILES string of the molecule is Cc1cc(-c2[nH]c3ccc(OCC4CCN(C)CC4)cc3c2C(C)C)cn(C)c1=O. The van der Waals surface area contributed by atoms with Gasteiger partial charge in [0.05, 0.1) is 12.3 Å². The van der Waals surface area contributed by atoms with Gasteiger partial charge in [-0.1, -0.05) is 13.8 Å². The third kappa shape index (κ3) is 4.04. The Labute approximate surface area is 178 Å². The molecular weight excluding hydrogens is 374 g/mol. The number of likely N-dealkylation sites (tertiary alicyclic amines) is 1. The van der Waals surface area contributed by atoms with Crippen molar-refractivity contribution in [1.29, 1.82) is 0 Å². The van der Waals surface area contributed by atoms with Gasteiger partial charge in [0.15, 0.2) is 0 Å². The molecule has 1 fully saturated rings. The molecule has 0 unspecified atom stereocenters. The Hall–Kier alpha value is -2.53. The van der Waals surface area contributed by atoms with Gasteiger partial charge in [-0.15, -0.1) is 0 Å². The zero-order valence-electron chi connectivity index (χ0n) is 18.8. The summed E-state index contributed by atoms with van der Waals surface area (Å²) in [5.74, 6) is 1.91. The van der Waals surface area contributed by atoms with E-state index in [1.807, 2.05) is 26.2 Å². The van der Waals surface area contributed by atoms with Gasteiger partial charge in [-0.3, -0.25) is 4.79 Å². The maximum Gasteiger partial charge on any atom is 0.253 e. The number of aryl methyl sites for hydroxylation is 2. The first kappa shape index (κ1) is 20.7. The van der Waals surface area contributed by atoms with E-state index in [-0.39, 0.29) is 5.56 Å². The van der Waals surface area contributed by atoms with Gasteiger partial charge < -0.3 is 19.2 Å². The smallest absolute Gasteiger partial charge is 0.253 e. The molecule has 1 aromatic carbocycles. The van der Waals surface area contributed by atoms with E-state index in [1.54, 1.807) is 4.57 Å². The Morgan fingerprint density at radius 3 is 2.57 bits per heavy atom. The lowest BCUT2D eigenvalue weighted by molar-refractivity contribution is 0.160. The van der Waals surface area contributed by atoms with Gasteiger partial charge in [-0.2, -0.15) is 0 Å². The summed E-state index contributed by atoms with van der Waals surface area (Å²) >= 11 is 0. The number of nitrogens with zero attached hydrogens (tertiary/aromatic N) is 2. The van der Waals surface area contributed by atoms with Crippen LogP contribution < -0.4 is 10.3 Å².